The van der Waals surface area contributed by atoms with E-state index >= 15 is 0 Å². The average Bonchev–Trinajstić information content (AvgIpc) is 3.07. The minimum absolute atomic E-state index is 0.382. The van der Waals surface area contributed by atoms with Gasteiger partial charge in [0, 0.05) is 21.9 Å². The highest BCUT2D eigenvalue weighted by Crippen LogP contribution is 2.63. The number of para-hydroxylation sites is 2. The van der Waals surface area contributed by atoms with E-state index < -0.39 is 5.69 Å². The molecule has 0 amide bonds. The lowest BCUT2D eigenvalue weighted by molar-refractivity contribution is 0.485. The van der Waals surface area contributed by atoms with Crippen molar-refractivity contribution >= 4 is 63.2 Å². The Morgan fingerprint density at radius 2 is 1.36 bits per heavy atom. The van der Waals surface area contributed by atoms with Crippen LogP contribution in [0.3, 0.4) is 0 Å². The average molecular weight is 468 g/mol. The maximum absolute atomic E-state index is 6.07. The Balaban J connectivity index is 1.65. The second kappa shape index (κ2) is 8.36. The summed E-state index contributed by atoms with van der Waals surface area (Å²) in [6, 6.07) is 21.3. The first-order valence-electron chi connectivity index (χ1n) is 8.05. The largest absolute Gasteiger partial charge is 0.431 e. The molecule has 0 bridgehead atoms. The summed E-state index contributed by atoms with van der Waals surface area (Å²) in [5, 5.41) is 1.59. The molecule has 0 aliphatic rings. The quantitative estimate of drug-likeness (QED) is 0.272. The summed E-state index contributed by atoms with van der Waals surface area (Å²) < 4.78 is 17.9. The third kappa shape index (κ3) is 4.83. The van der Waals surface area contributed by atoms with Crippen LogP contribution in [-0.2, 0) is 11.8 Å². The van der Waals surface area contributed by atoms with E-state index in [0.717, 1.165) is 16.9 Å². The highest BCUT2D eigenvalue weighted by atomic mass is 35.5. The first-order chi connectivity index (χ1) is 13.5. The molecule has 0 aliphatic heterocycles. The molecule has 0 saturated carbocycles. The van der Waals surface area contributed by atoms with Gasteiger partial charge in [-0.25, -0.2) is 4.98 Å². The Labute approximate surface area is 180 Å². The molecule has 0 fully saturated rings. The van der Waals surface area contributed by atoms with Gasteiger partial charge in [0.2, 0.25) is 0 Å². The van der Waals surface area contributed by atoms with Gasteiger partial charge in [0.15, 0.2) is 5.58 Å². The lowest BCUT2D eigenvalue weighted by Gasteiger charge is -2.21. The molecule has 0 saturated heterocycles. The van der Waals surface area contributed by atoms with E-state index in [1.165, 1.54) is 0 Å². The van der Waals surface area contributed by atoms with Crippen molar-refractivity contribution in [3.63, 3.8) is 0 Å². The molecule has 4 aromatic rings. The topological polar surface area (TPSA) is 44.5 Å². The van der Waals surface area contributed by atoms with Gasteiger partial charge in [-0.05, 0) is 60.7 Å². The van der Waals surface area contributed by atoms with E-state index in [0.29, 0.717) is 32.4 Å². The lowest BCUT2D eigenvalue weighted by Crippen LogP contribution is -1.97. The molecule has 0 aliphatic carbocycles. The first-order valence-corrected chi connectivity index (χ1v) is 12.9. The van der Waals surface area contributed by atoms with Crippen LogP contribution in [0.2, 0.25) is 10.0 Å². The number of fused-ring (bicyclic) bond motifs is 1. The van der Waals surface area contributed by atoms with Gasteiger partial charge in [-0.1, -0.05) is 35.3 Å². The summed E-state index contributed by atoms with van der Waals surface area (Å²) in [7, 11) is 0. The number of halogens is 2. The molecule has 1 aromatic heterocycles. The van der Waals surface area contributed by atoms with E-state index in [9.17, 15) is 0 Å². The summed E-state index contributed by atoms with van der Waals surface area (Å²) in [6.45, 7) is 0. The third-order valence-electron chi connectivity index (χ3n) is 3.53. The van der Waals surface area contributed by atoms with Crippen LogP contribution in [0.4, 0.5) is 0 Å². The van der Waals surface area contributed by atoms with Gasteiger partial charge in [-0.15, -0.1) is 0 Å². The van der Waals surface area contributed by atoms with Crippen LogP contribution in [0, 0.1) is 0 Å². The Kier molecular flexibility index (Phi) is 5.85. The molecule has 1 heterocycles. The molecule has 142 valence electrons. The summed E-state index contributed by atoms with van der Waals surface area (Å²) in [4.78, 5) is 4.46. The minimum atomic E-state index is -2.96. The molecule has 0 unspecified atom stereocenters. The molecule has 28 heavy (non-hydrogen) atoms. The van der Waals surface area contributed by atoms with Crippen molar-refractivity contribution in [2.75, 3.05) is 0 Å². The lowest BCUT2D eigenvalue weighted by atomic mass is 10.3. The van der Waals surface area contributed by atoms with Crippen molar-refractivity contribution < 1.29 is 13.5 Å². The summed E-state index contributed by atoms with van der Waals surface area (Å²) in [5.74, 6) is 1.09. The molecule has 4 rings (SSSR count). The predicted molar refractivity (Wildman–Crippen MR) is 118 cm³/mol. The van der Waals surface area contributed by atoms with Gasteiger partial charge >= 0.3 is 5.69 Å². The Bertz CT molecular complexity index is 1070. The SMILES string of the molecule is S=P(Oc1ccc(Cl)cc1)(Oc1ccc(Cl)cc1)Sc1nc2ccccc2o1. The summed E-state index contributed by atoms with van der Waals surface area (Å²) in [6.07, 6.45) is 0. The van der Waals surface area contributed by atoms with Gasteiger partial charge in [0.1, 0.15) is 17.0 Å². The molecule has 9 heteroatoms. The van der Waals surface area contributed by atoms with Gasteiger partial charge in [0.25, 0.3) is 5.22 Å². The first kappa shape index (κ1) is 19.6. The van der Waals surface area contributed by atoms with E-state index in [2.05, 4.69) is 4.98 Å². The molecule has 0 N–H and O–H groups in total. The number of hydrogen-bond donors (Lipinski definition) is 0. The zero-order valence-electron chi connectivity index (χ0n) is 14.1. The normalized spacial score (nSPS) is 11.5. The minimum Gasteiger partial charge on any atom is -0.431 e. The second-order valence-corrected chi connectivity index (χ2v) is 12.4. The van der Waals surface area contributed by atoms with E-state index in [-0.39, 0.29) is 0 Å². The van der Waals surface area contributed by atoms with Crippen LogP contribution < -0.4 is 9.05 Å². The van der Waals surface area contributed by atoms with Crippen LogP contribution in [-0.4, -0.2) is 4.98 Å². The molecule has 3 aromatic carbocycles. The van der Waals surface area contributed by atoms with Gasteiger partial charge < -0.3 is 13.5 Å². The maximum Gasteiger partial charge on any atom is 0.357 e. The molecule has 0 atom stereocenters. The van der Waals surface area contributed by atoms with Crippen LogP contribution in [0.25, 0.3) is 11.1 Å². The summed E-state index contributed by atoms with van der Waals surface area (Å²) >= 11 is 18.8. The summed E-state index contributed by atoms with van der Waals surface area (Å²) in [5.41, 5.74) is -1.55. The molecule has 4 nitrogen and oxygen atoms in total. The number of nitrogens with zero attached hydrogens (tertiary/aromatic N) is 1. The van der Waals surface area contributed by atoms with E-state index in [1.54, 1.807) is 48.5 Å². The number of oxazole rings is 1. The zero-order chi connectivity index (χ0) is 19.6. The van der Waals surface area contributed by atoms with Crippen LogP contribution in [0.15, 0.2) is 82.4 Å². The van der Waals surface area contributed by atoms with Gasteiger partial charge in [0.05, 0.1) is 11.4 Å². The Morgan fingerprint density at radius 1 is 0.821 bits per heavy atom. The Morgan fingerprint density at radius 3 is 1.89 bits per heavy atom. The van der Waals surface area contributed by atoms with Crippen molar-refractivity contribution in [2.45, 2.75) is 5.22 Å². The fourth-order valence-electron chi connectivity index (χ4n) is 2.29. The van der Waals surface area contributed by atoms with Crippen molar-refractivity contribution in [1.29, 1.82) is 0 Å². The Hall–Kier alpha value is -1.69. The second-order valence-electron chi connectivity index (χ2n) is 5.58. The maximum atomic E-state index is 6.07. The third-order valence-corrected chi connectivity index (χ3v) is 8.16. The number of benzene rings is 3. The van der Waals surface area contributed by atoms with Crippen molar-refractivity contribution in [1.82, 2.24) is 4.98 Å². The molecule has 0 spiro atoms. The molecule has 0 radical (unpaired) electrons. The van der Waals surface area contributed by atoms with Crippen LogP contribution in [0.1, 0.15) is 0 Å². The highest BCUT2D eigenvalue weighted by molar-refractivity contribution is 8.68. The fourth-order valence-corrected chi connectivity index (χ4v) is 6.51. The van der Waals surface area contributed by atoms with Gasteiger partial charge in [-0.2, -0.15) is 0 Å². The monoisotopic (exact) mass is 467 g/mol. The van der Waals surface area contributed by atoms with E-state index in [4.69, 9.17) is 48.5 Å². The molecular weight excluding hydrogens is 456 g/mol. The standard InChI is InChI=1S/C19H12Cl2NO3PS2/c20-13-5-9-15(10-6-13)24-26(27,25-16-11-7-14(21)8-12-16)28-19-22-17-3-1-2-4-18(17)23-19/h1-12H. The van der Waals surface area contributed by atoms with Gasteiger partial charge in [-0.3, -0.25) is 0 Å². The highest BCUT2D eigenvalue weighted by Gasteiger charge is 2.28. The number of aromatic nitrogens is 1. The van der Waals surface area contributed by atoms with E-state index in [1.807, 2.05) is 24.3 Å². The van der Waals surface area contributed by atoms with Crippen LogP contribution >= 0.6 is 40.3 Å². The number of rotatable bonds is 6. The van der Waals surface area contributed by atoms with Crippen molar-refractivity contribution in [3.05, 3.63) is 82.8 Å². The smallest absolute Gasteiger partial charge is 0.357 e. The predicted octanol–water partition coefficient (Wildman–Crippen LogP) is 7.61. The van der Waals surface area contributed by atoms with Crippen LogP contribution in [0.5, 0.6) is 11.5 Å². The van der Waals surface area contributed by atoms with Crippen molar-refractivity contribution in [2.24, 2.45) is 0 Å². The fraction of sp³-hybridized carbons (Fsp3) is 0. The number of hydrogen-bond acceptors (Lipinski definition) is 6. The molecular formula is C19H12Cl2NO3PS2. The zero-order valence-corrected chi connectivity index (χ0v) is 18.2. The van der Waals surface area contributed by atoms with Crippen molar-refractivity contribution in [3.8, 4) is 11.5 Å².